The van der Waals surface area contributed by atoms with Crippen molar-refractivity contribution >= 4 is 11.8 Å². The molecule has 0 saturated carbocycles. The highest BCUT2D eigenvalue weighted by Gasteiger charge is 2.31. The van der Waals surface area contributed by atoms with Gasteiger partial charge in [-0.25, -0.2) is 4.98 Å². The molecule has 7 heteroatoms. The molecular weight excluding hydrogens is 380 g/mol. The van der Waals surface area contributed by atoms with Crippen LogP contribution in [0.1, 0.15) is 60.4 Å². The quantitative estimate of drug-likeness (QED) is 0.844. The fourth-order valence-electron chi connectivity index (χ4n) is 4.38. The van der Waals surface area contributed by atoms with Crippen LogP contribution in [-0.2, 0) is 29.0 Å². The topological polar surface area (TPSA) is 86.4 Å². The lowest BCUT2D eigenvalue weighted by atomic mass is 9.99. The van der Waals surface area contributed by atoms with E-state index in [1.165, 1.54) is 6.92 Å². The van der Waals surface area contributed by atoms with Crippen LogP contribution >= 0.6 is 0 Å². The Balaban J connectivity index is 1.59. The molecule has 0 unspecified atom stereocenters. The molecule has 1 aromatic carbocycles. The van der Waals surface area contributed by atoms with E-state index >= 15 is 0 Å². The minimum Gasteiger partial charge on any atom is -0.337 e. The number of benzene rings is 1. The summed E-state index contributed by atoms with van der Waals surface area (Å²) in [5.74, 6) is 0.576. The van der Waals surface area contributed by atoms with Crippen LogP contribution in [0.3, 0.4) is 0 Å². The number of H-pyrrole nitrogens is 1. The van der Waals surface area contributed by atoms with Crippen LogP contribution < -0.4 is 5.56 Å². The SMILES string of the molecule is CC(=O)N1CCc2c(nc([C@@H]3CCCCN3C(=O)Cc3ccc(C)cc3)[nH]c2=O)C1. The lowest BCUT2D eigenvalue weighted by Gasteiger charge is -2.36. The highest BCUT2D eigenvalue weighted by atomic mass is 16.2. The summed E-state index contributed by atoms with van der Waals surface area (Å²) in [7, 11) is 0. The number of hydrogen-bond acceptors (Lipinski definition) is 4. The van der Waals surface area contributed by atoms with Gasteiger partial charge in [0.1, 0.15) is 5.82 Å². The molecule has 1 N–H and O–H groups in total. The van der Waals surface area contributed by atoms with E-state index in [4.69, 9.17) is 4.98 Å². The number of aryl methyl sites for hydroxylation is 1. The predicted octanol–water partition coefficient (Wildman–Crippen LogP) is 2.28. The Morgan fingerprint density at radius 2 is 1.93 bits per heavy atom. The van der Waals surface area contributed by atoms with Gasteiger partial charge in [0.25, 0.3) is 5.56 Å². The van der Waals surface area contributed by atoms with Gasteiger partial charge in [-0.3, -0.25) is 14.4 Å². The number of carbonyl (C=O) groups excluding carboxylic acids is 2. The molecule has 4 rings (SSSR count). The minimum absolute atomic E-state index is 0.0168. The van der Waals surface area contributed by atoms with Gasteiger partial charge in [0, 0.05) is 25.6 Å². The standard InChI is InChI=1S/C23H28N4O3/c1-15-6-8-17(9-7-15)13-21(29)27-11-4-3-5-20(27)22-24-19-14-26(16(2)28)12-10-18(19)23(30)25-22/h6-9,20H,3-5,10-14H2,1-2H3,(H,24,25,30)/t20-/m0/s1. The fraction of sp³-hybridized carbons (Fsp3) is 0.478. The minimum atomic E-state index is -0.234. The van der Waals surface area contributed by atoms with Crippen LogP contribution in [0.15, 0.2) is 29.1 Å². The second kappa shape index (κ2) is 8.42. The molecule has 0 radical (unpaired) electrons. The molecule has 0 bridgehead atoms. The van der Waals surface area contributed by atoms with E-state index in [-0.39, 0.29) is 23.4 Å². The molecule has 2 amide bonds. The molecule has 30 heavy (non-hydrogen) atoms. The molecule has 2 aromatic rings. The number of aromatic amines is 1. The van der Waals surface area contributed by atoms with Crippen molar-refractivity contribution in [2.75, 3.05) is 13.1 Å². The van der Waals surface area contributed by atoms with Gasteiger partial charge in [-0.1, -0.05) is 29.8 Å². The Morgan fingerprint density at radius 1 is 1.17 bits per heavy atom. The van der Waals surface area contributed by atoms with Crippen molar-refractivity contribution in [3.8, 4) is 0 Å². The molecule has 1 saturated heterocycles. The van der Waals surface area contributed by atoms with Gasteiger partial charge in [0.15, 0.2) is 0 Å². The smallest absolute Gasteiger partial charge is 0.254 e. The van der Waals surface area contributed by atoms with Crippen LogP contribution in [0.2, 0.25) is 0 Å². The number of likely N-dealkylation sites (tertiary alicyclic amines) is 1. The van der Waals surface area contributed by atoms with Gasteiger partial charge < -0.3 is 14.8 Å². The van der Waals surface area contributed by atoms with Crippen molar-refractivity contribution in [2.45, 2.75) is 58.5 Å². The van der Waals surface area contributed by atoms with Gasteiger partial charge in [-0.05, 0) is 38.2 Å². The molecular formula is C23H28N4O3. The Morgan fingerprint density at radius 3 is 2.67 bits per heavy atom. The van der Waals surface area contributed by atoms with Gasteiger partial charge in [0.2, 0.25) is 11.8 Å². The fourth-order valence-corrected chi connectivity index (χ4v) is 4.38. The Kier molecular flexibility index (Phi) is 5.70. The summed E-state index contributed by atoms with van der Waals surface area (Å²) in [6, 6.07) is 7.77. The zero-order valence-corrected chi connectivity index (χ0v) is 17.6. The van der Waals surface area contributed by atoms with E-state index in [1.807, 2.05) is 36.1 Å². The highest BCUT2D eigenvalue weighted by Crippen LogP contribution is 2.30. The molecule has 2 aliphatic rings. The van der Waals surface area contributed by atoms with Crippen molar-refractivity contribution < 1.29 is 9.59 Å². The zero-order valence-electron chi connectivity index (χ0n) is 17.6. The van der Waals surface area contributed by atoms with Crippen molar-refractivity contribution in [3.05, 3.63) is 62.8 Å². The number of nitrogens with zero attached hydrogens (tertiary/aromatic N) is 3. The number of nitrogens with one attached hydrogen (secondary N) is 1. The van der Waals surface area contributed by atoms with Crippen molar-refractivity contribution in [2.24, 2.45) is 0 Å². The van der Waals surface area contributed by atoms with E-state index in [9.17, 15) is 14.4 Å². The number of carbonyl (C=O) groups is 2. The lowest BCUT2D eigenvalue weighted by molar-refractivity contribution is -0.134. The number of rotatable bonds is 3. The first-order valence-electron chi connectivity index (χ1n) is 10.6. The number of piperidine rings is 1. The third-order valence-corrected chi connectivity index (χ3v) is 6.15. The van der Waals surface area contributed by atoms with Gasteiger partial charge >= 0.3 is 0 Å². The third-order valence-electron chi connectivity index (χ3n) is 6.15. The highest BCUT2D eigenvalue weighted by molar-refractivity contribution is 5.79. The average molecular weight is 409 g/mol. The lowest BCUT2D eigenvalue weighted by Crippen LogP contribution is -2.42. The first kappa shape index (κ1) is 20.3. The molecule has 0 spiro atoms. The predicted molar refractivity (Wildman–Crippen MR) is 113 cm³/mol. The molecule has 1 fully saturated rings. The summed E-state index contributed by atoms with van der Waals surface area (Å²) < 4.78 is 0. The van der Waals surface area contributed by atoms with E-state index in [0.717, 1.165) is 30.4 Å². The number of amides is 2. The number of hydrogen-bond donors (Lipinski definition) is 1. The normalized spacial score (nSPS) is 18.8. The van der Waals surface area contributed by atoms with Gasteiger partial charge in [-0.15, -0.1) is 0 Å². The monoisotopic (exact) mass is 408 g/mol. The Labute approximate surface area is 176 Å². The van der Waals surface area contributed by atoms with Crippen molar-refractivity contribution in [3.63, 3.8) is 0 Å². The van der Waals surface area contributed by atoms with Crippen LogP contribution in [0.25, 0.3) is 0 Å². The largest absolute Gasteiger partial charge is 0.337 e. The van der Waals surface area contributed by atoms with Gasteiger partial charge in [0.05, 0.1) is 24.7 Å². The Hall–Kier alpha value is -2.96. The second-order valence-electron chi connectivity index (χ2n) is 8.33. The number of fused-ring (bicyclic) bond motifs is 1. The maximum Gasteiger partial charge on any atom is 0.254 e. The molecule has 1 atom stereocenters. The van der Waals surface area contributed by atoms with Crippen molar-refractivity contribution in [1.29, 1.82) is 0 Å². The first-order chi connectivity index (χ1) is 14.4. The second-order valence-corrected chi connectivity index (χ2v) is 8.33. The maximum atomic E-state index is 13.1. The van der Waals surface area contributed by atoms with E-state index in [0.29, 0.717) is 49.6 Å². The first-order valence-corrected chi connectivity index (χ1v) is 10.6. The molecule has 1 aromatic heterocycles. The average Bonchev–Trinajstić information content (AvgIpc) is 2.74. The number of aromatic nitrogens is 2. The van der Waals surface area contributed by atoms with Crippen LogP contribution in [0, 0.1) is 6.92 Å². The van der Waals surface area contributed by atoms with Crippen LogP contribution in [-0.4, -0.2) is 44.7 Å². The summed E-state index contributed by atoms with van der Waals surface area (Å²) in [5, 5.41) is 0. The maximum absolute atomic E-state index is 13.1. The summed E-state index contributed by atoms with van der Waals surface area (Å²) in [6.07, 6.45) is 3.56. The summed E-state index contributed by atoms with van der Waals surface area (Å²) >= 11 is 0. The summed E-state index contributed by atoms with van der Waals surface area (Å²) in [4.78, 5) is 48.8. The van der Waals surface area contributed by atoms with E-state index in [2.05, 4.69) is 4.98 Å². The summed E-state index contributed by atoms with van der Waals surface area (Å²) in [6.45, 7) is 5.11. The molecule has 7 nitrogen and oxygen atoms in total. The van der Waals surface area contributed by atoms with E-state index in [1.54, 1.807) is 4.90 Å². The van der Waals surface area contributed by atoms with E-state index < -0.39 is 0 Å². The van der Waals surface area contributed by atoms with Crippen LogP contribution in [0.5, 0.6) is 0 Å². The Bertz CT molecular complexity index is 1010. The molecule has 0 aliphatic carbocycles. The van der Waals surface area contributed by atoms with Crippen LogP contribution in [0.4, 0.5) is 0 Å². The third kappa shape index (κ3) is 4.15. The van der Waals surface area contributed by atoms with Crippen molar-refractivity contribution in [1.82, 2.24) is 19.8 Å². The zero-order chi connectivity index (χ0) is 21.3. The summed E-state index contributed by atoms with van der Waals surface area (Å²) in [5.41, 5.74) is 3.32. The molecule has 3 heterocycles. The molecule has 158 valence electrons. The molecule has 2 aliphatic heterocycles. The van der Waals surface area contributed by atoms with Gasteiger partial charge in [-0.2, -0.15) is 0 Å².